The van der Waals surface area contributed by atoms with Crippen molar-refractivity contribution in [3.63, 3.8) is 0 Å². The van der Waals surface area contributed by atoms with Crippen molar-refractivity contribution < 1.29 is 35.8 Å². The van der Waals surface area contributed by atoms with Crippen molar-refractivity contribution in [1.29, 1.82) is 5.26 Å². The highest BCUT2D eigenvalue weighted by Crippen LogP contribution is 2.38. The predicted octanol–water partition coefficient (Wildman–Crippen LogP) is 8.97. The molecule has 0 bridgehead atoms. The van der Waals surface area contributed by atoms with E-state index < -0.39 is 26.1 Å². The minimum Gasteiger partial charge on any atom is -0.387 e. The van der Waals surface area contributed by atoms with Gasteiger partial charge in [-0.15, -0.1) is 5.26 Å². The Bertz CT molecular complexity index is 2340. The van der Waals surface area contributed by atoms with E-state index in [2.05, 4.69) is 47.9 Å². The minimum absolute atomic E-state index is 0.0750. The number of urea groups is 1. The van der Waals surface area contributed by atoms with Crippen LogP contribution in [0.5, 0.6) is 5.75 Å². The Hall–Kier alpha value is -4.22. The average molecular weight is 938 g/mol. The lowest BCUT2D eigenvalue weighted by molar-refractivity contribution is 0.0658. The number of ether oxygens (including phenoxy) is 3. The maximum absolute atomic E-state index is 12.7. The summed E-state index contributed by atoms with van der Waals surface area (Å²) in [6.07, 6.45) is 8.26. The summed E-state index contributed by atoms with van der Waals surface area (Å²) in [7, 11) is -7.81. The van der Waals surface area contributed by atoms with Crippen molar-refractivity contribution in [2.45, 2.75) is 127 Å². The van der Waals surface area contributed by atoms with Crippen molar-refractivity contribution in [2.24, 2.45) is 5.14 Å². The van der Waals surface area contributed by atoms with E-state index in [9.17, 15) is 21.6 Å². The molecule has 0 radical (unpaired) electrons. The molecule has 2 saturated heterocycles. The molecule has 4 aromatic rings. The van der Waals surface area contributed by atoms with E-state index in [4.69, 9.17) is 47.8 Å². The Morgan fingerprint density at radius 1 is 0.742 bits per heavy atom. The van der Waals surface area contributed by atoms with Crippen molar-refractivity contribution in [3.05, 3.63) is 81.1 Å². The molecule has 0 spiro atoms. The number of nitrogens with two attached hydrogens (primary N) is 1. The number of halogens is 2. The van der Waals surface area contributed by atoms with Crippen LogP contribution in [0.2, 0.25) is 10.0 Å². The third kappa shape index (κ3) is 13.9. The Labute approximate surface area is 375 Å². The van der Waals surface area contributed by atoms with Crippen molar-refractivity contribution >= 4 is 55.0 Å². The fourth-order valence-electron chi connectivity index (χ4n) is 6.92. The van der Waals surface area contributed by atoms with Gasteiger partial charge in [-0.05, 0) is 96.9 Å². The second-order valence-electron chi connectivity index (χ2n) is 16.2. The largest absolute Gasteiger partial charge is 0.387 e. The zero-order valence-corrected chi connectivity index (χ0v) is 39.5. The summed E-state index contributed by atoms with van der Waals surface area (Å²) in [4.78, 5) is 12.7. The molecule has 4 N–H and O–H groups in total. The molecule has 20 heteroatoms. The van der Waals surface area contributed by atoms with E-state index in [0.29, 0.717) is 47.9 Å². The van der Waals surface area contributed by atoms with E-state index >= 15 is 0 Å². The number of anilines is 1. The van der Waals surface area contributed by atoms with Gasteiger partial charge in [0.2, 0.25) is 0 Å². The lowest BCUT2D eigenvalue weighted by atomic mass is 9.92. The number of hydrogen-bond donors (Lipinski definition) is 3. The molecule has 0 aliphatic carbocycles. The molecule has 2 aliphatic rings. The molecule has 6 rings (SSSR count). The van der Waals surface area contributed by atoms with Crippen molar-refractivity contribution in [3.8, 4) is 12.0 Å². The van der Waals surface area contributed by atoms with E-state index in [0.717, 1.165) is 47.9 Å². The Morgan fingerprint density at radius 2 is 1.13 bits per heavy atom. The molecule has 62 heavy (non-hydrogen) atoms. The molecule has 340 valence electrons. The smallest absolute Gasteiger partial charge is 0.333 e. The number of amides is 2. The Balaban J connectivity index is 0.000000228. The SMILES string of the molecule is CC(C)c1cc(Cl)cc(C(C)C)c1NC(=O)NS(=O)(=O)c1ccn(C2CCOCC2)n1.CC(C)c1cc(Cl)cc(C(C)C)c1OC#N.NS(=O)(=O)c1ccn(C2CCOCC2)n1. The summed E-state index contributed by atoms with van der Waals surface area (Å²) in [6.45, 7) is 18.8. The quantitative estimate of drug-likeness (QED) is 0.120. The zero-order valence-electron chi connectivity index (χ0n) is 36.4. The van der Waals surface area contributed by atoms with Gasteiger partial charge in [0.25, 0.3) is 26.3 Å². The van der Waals surface area contributed by atoms with E-state index in [1.807, 2.05) is 39.8 Å². The van der Waals surface area contributed by atoms with Crippen LogP contribution in [0.3, 0.4) is 0 Å². The van der Waals surface area contributed by atoms with Crippen LogP contribution in [-0.2, 0) is 29.5 Å². The molecule has 2 fully saturated rings. The van der Waals surface area contributed by atoms with Gasteiger partial charge in [0.05, 0.1) is 12.1 Å². The topological polar surface area (TPSA) is 223 Å². The van der Waals surface area contributed by atoms with Gasteiger partial charge >= 0.3 is 6.03 Å². The first-order valence-corrected chi connectivity index (χ1v) is 24.3. The van der Waals surface area contributed by atoms with Gasteiger partial charge in [-0.1, -0.05) is 78.6 Å². The molecule has 0 saturated carbocycles. The number of nitriles is 1. The number of primary sulfonamides is 1. The number of sulfonamides is 2. The fraction of sp³-hybridized carbons (Fsp3) is 0.524. The number of nitrogens with zero attached hydrogens (tertiary/aromatic N) is 5. The average Bonchev–Trinajstić information content (AvgIpc) is 3.92. The summed E-state index contributed by atoms with van der Waals surface area (Å²) < 4.78 is 68.5. The lowest BCUT2D eigenvalue weighted by Gasteiger charge is -2.22. The molecule has 2 aromatic heterocycles. The van der Waals surface area contributed by atoms with Gasteiger partial charge in [-0.2, -0.15) is 18.6 Å². The molecule has 16 nitrogen and oxygen atoms in total. The summed E-state index contributed by atoms with van der Waals surface area (Å²) in [5.41, 5.74) is 4.23. The van der Waals surface area contributed by atoms with Crippen LogP contribution < -0.4 is 19.9 Å². The van der Waals surface area contributed by atoms with Crippen molar-refractivity contribution in [1.82, 2.24) is 24.3 Å². The molecular formula is C42H58Cl2N8O8S2. The standard InChI is InChI=1S/C21H29ClN4O4S.C13H16ClNO.C8H13N3O3S/c1-13(2)17-11-15(22)12-18(14(3)4)20(17)23-21(27)25-31(28,29)19-5-8-26(24-19)16-6-9-30-10-7-16;1-8(2)11-5-10(14)6-12(9(3)4)13(11)16-7-15;9-15(12,13)8-1-4-11(10-8)7-2-5-14-6-3-7/h5,8,11-14,16H,6-7,9-10H2,1-4H3,(H2,23,25,27);5-6,8-9H,1-4H3;1,4,7H,2-3,5-6H2,(H2,9,12,13). The van der Waals surface area contributed by atoms with Gasteiger partial charge in [0.1, 0.15) is 5.75 Å². The van der Waals surface area contributed by atoms with Crippen LogP contribution in [0.4, 0.5) is 10.5 Å². The van der Waals surface area contributed by atoms with Crippen LogP contribution >= 0.6 is 23.2 Å². The molecule has 4 heterocycles. The van der Waals surface area contributed by atoms with Crippen LogP contribution in [0, 0.1) is 11.5 Å². The Morgan fingerprint density at radius 3 is 1.50 bits per heavy atom. The predicted molar refractivity (Wildman–Crippen MR) is 239 cm³/mol. The van der Waals surface area contributed by atoms with Gasteiger partial charge < -0.3 is 19.5 Å². The maximum atomic E-state index is 12.7. The number of nitrogens with one attached hydrogen (secondary N) is 2. The van der Waals surface area contributed by atoms with E-state index in [1.165, 1.54) is 12.1 Å². The van der Waals surface area contributed by atoms with Gasteiger partial charge in [0, 0.05) is 65.7 Å². The normalized spacial score (nSPS) is 15.1. The van der Waals surface area contributed by atoms with Crippen LogP contribution in [-0.4, -0.2) is 68.9 Å². The third-order valence-electron chi connectivity index (χ3n) is 10.2. The summed E-state index contributed by atoms with van der Waals surface area (Å²) in [6, 6.07) is 9.59. The van der Waals surface area contributed by atoms with Gasteiger partial charge in [-0.3, -0.25) is 9.36 Å². The van der Waals surface area contributed by atoms with Gasteiger partial charge in [0.15, 0.2) is 10.1 Å². The van der Waals surface area contributed by atoms with Crippen LogP contribution in [0.15, 0.2) is 58.8 Å². The number of benzene rings is 2. The molecule has 2 aliphatic heterocycles. The number of rotatable bonds is 11. The second kappa shape index (κ2) is 22.4. The summed E-state index contributed by atoms with van der Waals surface area (Å²) >= 11 is 12.3. The first-order chi connectivity index (χ1) is 29.1. The van der Waals surface area contributed by atoms with Crippen LogP contribution in [0.1, 0.15) is 139 Å². The fourth-order valence-corrected chi connectivity index (χ4v) is 8.69. The highest BCUT2D eigenvalue weighted by Gasteiger charge is 2.26. The molecular weight excluding hydrogens is 880 g/mol. The summed E-state index contributed by atoms with van der Waals surface area (Å²) in [5.74, 6) is 1.38. The van der Waals surface area contributed by atoms with E-state index in [1.54, 1.807) is 40.1 Å². The number of hydrogen-bond acceptors (Lipinski definition) is 11. The first-order valence-electron chi connectivity index (χ1n) is 20.5. The maximum Gasteiger partial charge on any atom is 0.333 e. The molecule has 0 atom stereocenters. The second-order valence-corrected chi connectivity index (χ2v) is 20.3. The number of carbonyl (C=O) groups is 1. The third-order valence-corrected chi connectivity index (χ3v) is 12.7. The van der Waals surface area contributed by atoms with Crippen LogP contribution in [0.25, 0.3) is 0 Å². The van der Waals surface area contributed by atoms with Gasteiger partial charge in [-0.25, -0.2) is 23.1 Å². The lowest BCUT2D eigenvalue weighted by Crippen LogP contribution is -2.35. The molecule has 2 aromatic carbocycles. The minimum atomic E-state index is -4.12. The Kier molecular flexibility index (Phi) is 18.2. The highest BCUT2D eigenvalue weighted by atomic mass is 35.5. The first kappa shape index (κ1) is 50.4. The van der Waals surface area contributed by atoms with E-state index in [-0.39, 0.29) is 45.8 Å². The molecule has 2 amide bonds. The highest BCUT2D eigenvalue weighted by molar-refractivity contribution is 7.90. The number of aromatic nitrogens is 4. The number of carbonyl (C=O) groups excluding carboxylic acids is 1. The monoisotopic (exact) mass is 936 g/mol. The molecule has 0 unspecified atom stereocenters. The van der Waals surface area contributed by atoms with Crippen molar-refractivity contribution in [2.75, 3.05) is 31.7 Å². The summed E-state index contributed by atoms with van der Waals surface area (Å²) in [5, 5.41) is 25.5. The zero-order chi connectivity index (χ0) is 45.9.